The second-order valence-electron chi connectivity index (χ2n) is 13.9. The van der Waals surface area contributed by atoms with E-state index in [4.69, 9.17) is 9.47 Å². The number of benzene rings is 4. The first kappa shape index (κ1) is 37.7. The van der Waals surface area contributed by atoms with E-state index in [0.717, 1.165) is 36.6 Å². The van der Waals surface area contributed by atoms with Gasteiger partial charge in [0.15, 0.2) is 0 Å². The number of phenols is 1. The molecule has 1 aliphatic rings. The summed E-state index contributed by atoms with van der Waals surface area (Å²) in [4.78, 5) is 29.5. The molecule has 1 fully saturated rings. The van der Waals surface area contributed by atoms with Crippen LogP contribution in [0.1, 0.15) is 63.9 Å². The molecular weight excluding hydrogens is 668 g/mol. The number of phenolic OH excluding ortho intramolecular Hbond substituents is 1. The lowest BCUT2D eigenvalue weighted by atomic mass is 9.91. The van der Waals surface area contributed by atoms with Gasteiger partial charge in [0.25, 0.3) is 5.91 Å². The lowest BCUT2D eigenvalue weighted by molar-refractivity contribution is 0.0681. The van der Waals surface area contributed by atoms with Crippen molar-refractivity contribution in [2.24, 2.45) is 5.92 Å². The fraction of sp³-hybridized carbons (Fsp3) is 0.349. The number of carbonyl (C=O) groups is 1. The second-order valence-corrected chi connectivity index (χ2v) is 13.9. The number of aliphatic hydroxyl groups excluding tert-OH is 1. The topological polar surface area (TPSA) is 136 Å². The van der Waals surface area contributed by atoms with Crippen LogP contribution in [0.2, 0.25) is 0 Å². The van der Waals surface area contributed by atoms with E-state index in [1.807, 2.05) is 30.3 Å². The van der Waals surface area contributed by atoms with Gasteiger partial charge in [0, 0.05) is 49.2 Å². The van der Waals surface area contributed by atoms with Gasteiger partial charge in [0.2, 0.25) is 5.56 Å². The number of fused-ring (bicyclic) bond motifs is 1. The van der Waals surface area contributed by atoms with Gasteiger partial charge in [-0.15, -0.1) is 0 Å². The molecule has 5 N–H and O–H groups in total. The van der Waals surface area contributed by atoms with E-state index < -0.39 is 6.10 Å². The number of nitrogens with zero attached hydrogens (tertiary/aromatic N) is 1. The van der Waals surface area contributed by atoms with Crippen molar-refractivity contribution in [3.05, 3.63) is 141 Å². The third-order valence-corrected chi connectivity index (χ3v) is 9.96. The van der Waals surface area contributed by atoms with Crippen LogP contribution in [0.5, 0.6) is 11.5 Å². The molecule has 10 nitrogen and oxygen atoms in total. The van der Waals surface area contributed by atoms with Crippen molar-refractivity contribution in [2.45, 2.75) is 37.8 Å². The van der Waals surface area contributed by atoms with Crippen LogP contribution in [-0.2, 0) is 11.3 Å². The van der Waals surface area contributed by atoms with E-state index in [1.165, 1.54) is 30.5 Å². The first-order chi connectivity index (χ1) is 25.8. The predicted molar refractivity (Wildman–Crippen MR) is 208 cm³/mol. The van der Waals surface area contributed by atoms with Crippen LogP contribution in [-0.4, -0.2) is 79.1 Å². The van der Waals surface area contributed by atoms with Gasteiger partial charge in [-0.05, 0) is 104 Å². The molecule has 53 heavy (non-hydrogen) atoms. The van der Waals surface area contributed by atoms with Gasteiger partial charge in [0.1, 0.15) is 11.5 Å². The molecule has 1 aliphatic heterocycles. The summed E-state index contributed by atoms with van der Waals surface area (Å²) in [7, 11) is 2.18. The normalized spacial score (nSPS) is 14.9. The first-order valence-electron chi connectivity index (χ1n) is 18.5. The summed E-state index contributed by atoms with van der Waals surface area (Å²) >= 11 is 0. The summed E-state index contributed by atoms with van der Waals surface area (Å²) in [5.41, 5.74) is 4.48. The maximum absolute atomic E-state index is 12.8. The molecule has 2 atom stereocenters. The molecule has 278 valence electrons. The van der Waals surface area contributed by atoms with E-state index in [9.17, 15) is 19.8 Å². The van der Waals surface area contributed by atoms with Crippen molar-refractivity contribution in [1.82, 2.24) is 20.5 Å². The number of piperidine rings is 1. The second kappa shape index (κ2) is 18.7. The average Bonchev–Trinajstić information content (AvgIpc) is 3.18. The number of H-pyrrole nitrogens is 1. The maximum Gasteiger partial charge on any atom is 0.251 e. The number of aromatic hydroxyl groups is 1. The Hall–Kier alpha value is -5.00. The van der Waals surface area contributed by atoms with Crippen molar-refractivity contribution >= 4 is 16.8 Å². The highest BCUT2D eigenvalue weighted by atomic mass is 16.5. The largest absolute Gasteiger partial charge is 0.506 e. The van der Waals surface area contributed by atoms with Gasteiger partial charge in [-0.1, -0.05) is 60.7 Å². The summed E-state index contributed by atoms with van der Waals surface area (Å²) in [5, 5.41) is 27.7. The van der Waals surface area contributed by atoms with Crippen LogP contribution >= 0.6 is 0 Å². The van der Waals surface area contributed by atoms with Crippen LogP contribution in [0.3, 0.4) is 0 Å². The third-order valence-electron chi connectivity index (χ3n) is 9.96. The Labute approximate surface area is 310 Å². The standard InChI is InChI=1S/C43H50N4O6/c1-47-22-19-31(20-23-47)28-52-29-38(32-7-3-2-4-8-32)34-9-5-10-35(25-34)53-24-6-21-45-43(51)33-13-11-30(12-14-33)26-44-27-40(49)36-15-17-39(48)42-37(36)16-18-41(50)46-42/h2-5,7-18,25,31,38,40,44,48-49H,6,19-24,26-29H2,1H3,(H,45,51)(H,46,50). The number of amides is 1. The number of aromatic nitrogens is 1. The highest BCUT2D eigenvalue weighted by molar-refractivity contribution is 5.94. The zero-order valence-corrected chi connectivity index (χ0v) is 30.3. The van der Waals surface area contributed by atoms with E-state index in [1.54, 1.807) is 24.3 Å². The minimum atomic E-state index is -0.855. The monoisotopic (exact) mass is 718 g/mol. The number of nitrogens with one attached hydrogen (secondary N) is 3. The van der Waals surface area contributed by atoms with Gasteiger partial charge in [-0.2, -0.15) is 0 Å². The molecule has 1 saturated heterocycles. The predicted octanol–water partition coefficient (Wildman–Crippen LogP) is 5.75. The number of aromatic amines is 1. The Bertz CT molecular complexity index is 1980. The Morgan fingerprint density at radius 1 is 0.943 bits per heavy atom. The molecule has 1 aromatic heterocycles. The van der Waals surface area contributed by atoms with Gasteiger partial charge < -0.3 is 40.2 Å². The molecule has 0 radical (unpaired) electrons. The number of pyridine rings is 1. The van der Waals surface area contributed by atoms with E-state index in [-0.39, 0.29) is 29.7 Å². The Morgan fingerprint density at radius 2 is 1.72 bits per heavy atom. The molecule has 0 spiro atoms. The molecule has 0 aliphatic carbocycles. The smallest absolute Gasteiger partial charge is 0.251 e. The zero-order chi connectivity index (χ0) is 37.0. The zero-order valence-electron chi connectivity index (χ0n) is 30.3. The number of ether oxygens (including phenoxy) is 2. The number of likely N-dealkylation sites (tertiary alicyclic amines) is 1. The van der Waals surface area contributed by atoms with Gasteiger partial charge in [-0.25, -0.2) is 0 Å². The SMILES string of the molecule is CN1CCC(COCC(c2ccccc2)c2cccc(OCCCNC(=O)c3ccc(CNCC(O)c4ccc(O)c5[nH]c(=O)ccc45)cc3)c2)CC1. The number of carbonyl (C=O) groups excluding carboxylic acids is 1. The number of rotatable bonds is 17. The van der Waals surface area contributed by atoms with Crippen LogP contribution in [0.4, 0.5) is 0 Å². The minimum absolute atomic E-state index is 0.0484. The maximum atomic E-state index is 12.8. The van der Waals surface area contributed by atoms with Crippen LogP contribution in [0, 0.1) is 5.92 Å². The van der Waals surface area contributed by atoms with Crippen molar-refractivity contribution in [3.63, 3.8) is 0 Å². The van der Waals surface area contributed by atoms with E-state index >= 15 is 0 Å². The van der Waals surface area contributed by atoms with Crippen LogP contribution < -0.4 is 20.9 Å². The summed E-state index contributed by atoms with van der Waals surface area (Å²) in [6, 6.07) is 32.1. The Balaban J connectivity index is 0.924. The molecule has 2 unspecified atom stereocenters. The fourth-order valence-corrected chi connectivity index (χ4v) is 6.83. The quantitative estimate of drug-likeness (QED) is 0.0768. The van der Waals surface area contributed by atoms with E-state index in [0.29, 0.717) is 60.7 Å². The lowest BCUT2D eigenvalue weighted by Gasteiger charge is -2.29. The molecule has 0 bridgehead atoms. The van der Waals surface area contributed by atoms with E-state index in [2.05, 4.69) is 64.0 Å². The molecule has 6 rings (SSSR count). The summed E-state index contributed by atoms with van der Waals surface area (Å²) < 4.78 is 12.4. The van der Waals surface area contributed by atoms with Crippen LogP contribution in [0.15, 0.2) is 108 Å². The Kier molecular flexibility index (Phi) is 13.3. The minimum Gasteiger partial charge on any atom is -0.506 e. The molecule has 4 aromatic carbocycles. The van der Waals surface area contributed by atoms with Gasteiger partial charge >= 0.3 is 0 Å². The molecule has 1 amide bonds. The molecule has 2 heterocycles. The van der Waals surface area contributed by atoms with Crippen molar-refractivity contribution in [3.8, 4) is 11.5 Å². The first-order valence-corrected chi connectivity index (χ1v) is 18.5. The molecular formula is C43H50N4O6. The molecule has 5 aromatic rings. The van der Waals surface area contributed by atoms with Crippen molar-refractivity contribution in [1.29, 1.82) is 0 Å². The summed E-state index contributed by atoms with van der Waals surface area (Å²) in [5.74, 6) is 1.33. The highest BCUT2D eigenvalue weighted by Gasteiger charge is 2.20. The Morgan fingerprint density at radius 3 is 2.51 bits per heavy atom. The van der Waals surface area contributed by atoms with Crippen LogP contribution in [0.25, 0.3) is 10.9 Å². The number of aliphatic hydroxyl groups is 1. The average molecular weight is 719 g/mol. The molecule has 10 heteroatoms. The van der Waals surface area contributed by atoms with Crippen molar-refractivity contribution in [2.75, 3.05) is 53.0 Å². The number of hydrogen-bond donors (Lipinski definition) is 5. The third kappa shape index (κ3) is 10.5. The lowest BCUT2D eigenvalue weighted by Crippen LogP contribution is -2.32. The molecule has 0 saturated carbocycles. The number of hydrogen-bond acceptors (Lipinski definition) is 8. The summed E-state index contributed by atoms with van der Waals surface area (Å²) in [6.07, 6.45) is 2.17. The highest BCUT2D eigenvalue weighted by Crippen LogP contribution is 2.30. The van der Waals surface area contributed by atoms with Gasteiger partial charge in [0.05, 0.1) is 24.8 Å². The van der Waals surface area contributed by atoms with Gasteiger partial charge in [-0.3, -0.25) is 9.59 Å². The van der Waals surface area contributed by atoms with Crippen molar-refractivity contribution < 1.29 is 24.5 Å². The summed E-state index contributed by atoms with van der Waals surface area (Å²) in [6.45, 7) is 5.38. The fourth-order valence-electron chi connectivity index (χ4n) is 6.83.